The lowest BCUT2D eigenvalue weighted by atomic mass is 10.2. The number of benzene rings is 1. The number of carbonyl (C=O) groups excluding carboxylic acids is 1. The number of nitriles is 1. The minimum Gasteiger partial charge on any atom is -0.479 e. The van der Waals surface area contributed by atoms with Crippen molar-refractivity contribution in [3.8, 4) is 11.8 Å². The van der Waals surface area contributed by atoms with Gasteiger partial charge < -0.3 is 15.0 Å². The van der Waals surface area contributed by atoms with Crippen LogP contribution in [0.4, 0.5) is 11.4 Å². The summed E-state index contributed by atoms with van der Waals surface area (Å²) in [7, 11) is 1.91. The Kier molecular flexibility index (Phi) is 3.38. The molecule has 0 radical (unpaired) electrons. The molecule has 1 heterocycles. The van der Waals surface area contributed by atoms with E-state index in [1.54, 1.807) is 6.92 Å². The first-order valence-electron chi connectivity index (χ1n) is 5.81. The zero-order valence-corrected chi connectivity index (χ0v) is 10.4. The van der Waals surface area contributed by atoms with Crippen molar-refractivity contribution in [2.75, 3.05) is 23.8 Å². The summed E-state index contributed by atoms with van der Waals surface area (Å²) in [6.45, 7) is 2.37. The van der Waals surface area contributed by atoms with Gasteiger partial charge in [-0.15, -0.1) is 0 Å². The van der Waals surface area contributed by atoms with Gasteiger partial charge in [0.2, 0.25) is 0 Å². The molecule has 1 aliphatic rings. The molecule has 1 unspecified atom stereocenters. The van der Waals surface area contributed by atoms with Gasteiger partial charge in [0, 0.05) is 19.3 Å². The third-order valence-corrected chi connectivity index (χ3v) is 2.89. The Morgan fingerprint density at radius 3 is 3.06 bits per heavy atom. The lowest BCUT2D eigenvalue weighted by Gasteiger charge is -2.25. The smallest absolute Gasteiger partial charge is 0.265 e. The van der Waals surface area contributed by atoms with Crippen LogP contribution in [0.15, 0.2) is 18.2 Å². The molecule has 0 saturated heterocycles. The molecular formula is C13H15N3O2. The minimum atomic E-state index is -0.459. The number of nitrogens with one attached hydrogen (secondary N) is 1. The monoisotopic (exact) mass is 245 g/mol. The Bertz CT molecular complexity index is 507. The molecule has 1 atom stereocenters. The SMILES string of the molecule is CC1Oc2ccc(N(C)CCC#N)cc2NC1=O. The number of hydrogen-bond acceptors (Lipinski definition) is 4. The maximum atomic E-state index is 11.5. The molecule has 5 nitrogen and oxygen atoms in total. The van der Waals surface area contributed by atoms with Crippen molar-refractivity contribution in [2.45, 2.75) is 19.4 Å². The number of ether oxygens (including phenoxy) is 1. The van der Waals surface area contributed by atoms with Gasteiger partial charge in [0.15, 0.2) is 6.10 Å². The van der Waals surface area contributed by atoms with E-state index in [-0.39, 0.29) is 5.91 Å². The molecule has 0 spiro atoms. The first-order chi connectivity index (χ1) is 8.61. The second kappa shape index (κ2) is 4.96. The van der Waals surface area contributed by atoms with Gasteiger partial charge in [-0.25, -0.2) is 0 Å². The van der Waals surface area contributed by atoms with Gasteiger partial charge in [-0.3, -0.25) is 4.79 Å². The number of anilines is 2. The molecule has 1 amide bonds. The molecular weight excluding hydrogens is 230 g/mol. The zero-order valence-electron chi connectivity index (χ0n) is 10.4. The standard InChI is InChI=1S/C13H15N3O2/c1-9-13(17)15-11-8-10(4-5-12(11)18-9)16(2)7-3-6-14/h4-5,8-9H,3,7H2,1-2H3,(H,15,17). The van der Waals surface area contributed by atoms with E-state index < -0.39 is 6.10 Å². The zero-order chi connectivity index (χ0) is 13.1. The van der Waals surface area contributed by atoms with Gasteiger partial charge in [0.1, 0.15) is 5.75 Å². The molecule has 0 fully saturated rings. The lowest BCUT2D eigenvalue weighted by molar-refractivity contribution is -0.122. The molecule has 1 aliphatic heterocycles. The molecule has 5 heteroatoms. The Balaban J connectivity index is 2.20. The molecule has 0 aliphatic carbocycles. The average Bonchev–Trinajstić information content (AvgIpc) is 2.36. The number of rotatable bonds is 3. The van der Waals surface area contributed by atoms with E-state index in [0.29, 0.717) is 24.4 Å². The summed E-state index contributed by atoms with van der Waals surface area (Å²) in [5.41, 5.74) is 1.63. The molecule has 1 aromatic carbocycles. The van der Waals surface area contributed by atoms with Crippen LogP contribution in [0.25, 0.3) is 0 Å². The van der Waals surface area contributed by atoms with Gasteiger partial charge in [-0.05, 0) is 25.1 Å². The highest BCUT2D eigenvalue weighted by atomic mass is 16.5. The molecule has 2 rings (SSSR count). The van der Waals surface area contributed by atoms with Crippen LogP contribution in [-0.2, 0) is 4.79 Å². The first-order valence-corrected chi connectivity index (χ1v) is 5.81. The largest absolute Gasteiger partial charge is 0.479 e. The third kappa shape index (κ3) is 2.38. The van der Waals surface area contributed by atoms with E-state index in [9.17, 15) is 4.79 Å². The highest BCUT2D eigenvalue weighted by Gasteiger charge is 2.23. The Morgan fingerprint density at radius 1 is 1.56 bits per heavy atom. The van der Waals surface area contributed by atoms with Crippen molar-refractivity contribution >= 4 is 17.3 Å². The number of amides is 1. The van der Waals surface area contributed by atoms with E-state index >= 15 is 0 Å². The fourth-order valence-electron chi connectivity index (χ4n) is 1.78. The van der Waals surface area contributed by atoms with Gasteiger partial charge in [0.25, 0.3) is 5.91 Å². The third-order valence-electron chi connectivity index (χ3n) is 2.89. The van der Waals surface area contributed by atoms with Gasteiger partial charge in [0.05, 0.1) is 18.2 Å². The van der Waals surface area contributed by atoms with Crippen LogP contribution in [0, 0.1) is 11.3 Å². The summed E-state index contributed by atoms with van der Waals surface area (Å²) < 4.78 is 5.48. The fourth-order valence-corrected chi connectivity index (χ4v) is 1.78. The summed E-state index contributed by atoms with van der Waals surface area (Å²) in [5, 5.41) is 11.4. The molecule has 0 aromatic heterocycles. The highest BCUT2D eigenvalue weighted by molar-refractivity contribution is 5.98. The predicted molar refractivity (Wildman–Crippen MR) is 68.7 cm³/mol. The molecule has 0 saturated carbocycles. The fraction of sp³-hybridized carbons (Fsp3) is 0.385. The summed E-state index contributed by atoms with van der Waals surface area (Å²) >= 11 is 0. The number of nitrogens with zero attached hydrogens (tertiary/aromatic N) is 2. The quantitative estimate of drug-likeness (QED) is 0.881. The summed E-state index contributed by atoms with van der Waals surface area (Å²) in [5.74, 6) is 0.541. The van der Waals surface area contributed by atoms with Gasteiger partial charge >= 0.3 is 0 Å². The van der Waals surface area contributed by atoms with Gasteiger partial charge in [-0.2, -0.15) is 5.26 Å². The van der Waals surface area contributed by atoms with Crippen LogP contribution in [0.5, 0.6) is 5.75 Å². The van der Waals surface area contributed by atoms with Crippen LogP contribution < -0.4 is 15.0 Å². The predicted octanol–water partition coefficient (Wildman–Crippen LogP) is 1.76. The van der Waals surface area contributed by atoms with E-state index in [1.807, 2.05) is 30.1 Å². The van der Waals surface area contributed by atoms with Crippen molar-refractivity contribution in [3.05, 3.63) is 18.2 Å². The van der Waals surface area contributed by atoms with Gasteiger partial charge in [-0.1, -0.05) is 0 Å². The topological polar surface area (TPSA) is 65.4 Å². The van der Waals surface area contributed by atoms with Crippen molar-refractivity contribution in [2.24, 2.45) is 0 Å². The Morgan fingerprint density at radius 2 is 2.33 bits per heavy atom. The molecule has 0 bridgehead atoms. The number of fused-ring (bicyclic) bond motifs is 1. The molecule has 94 valence electrons. The van der Waals surface area contributed by atoms with Crippen molar-refractivity contribution in [1.82, 2.24) is 0 Å². The van der Waals surface area contributed by atoms with E-state index in [2.05, 4.69) is 11.4 Å². The van der Waals surface area contributed by atoms with E-state index in [0.717, 1.165) is 5.69 Å². The van der Waals surface area contributed by atoms with Crippen LogP contribution >= 0.6 is 0 Å². The number of hydrogen-bond donors (Lipinski definition) is 1. The maximum Gasteiger partial charge on any atom is 0.265 e. The van der Waals surface area contributed by atoms with Crippen LogP contribution in [-0.4, -0.2) is 25.6 Å². The minimum absolute atomic E-state index is 0.140. The molecule has 1 aromatic rings. The Labute approximate surface area is 106 Å². The maximum absolute atomic E-state index is 11.5. The lowest BCUT2D eigenvalue weighted by Crippen LogP contribution is -2.34. The van der Waals surface area contributed by atoms with Crippen molar-refractivity contribution in [1.29, 1.82) is 5.26 Å². The first kappa shape index (κ1) is 12.2. The van der Waals surface area contributed by atoms with E-state index in [1.165, 1.54) is 0 Å². The molecule has 18 heavy (non-hydrogen) atoms. The highest BCUT2D eigenvalue weighted by Crippen LogP contribution is 2.33. The normalized spacial score (nSPS) is 17.2. The van der Waals surface area contributed by atoms with Crippen LogP contribution in [0.3, 0.4) is 0 Å². The Hall–Kier alpha value is -2.22. The summed E-state index contributed by atoms with van der Waals surface area (Å²) in [6.07, 6.45) is 0.00711. The summed E-state index contributed by atoms with van der Waals surface area (Å²) in [6, 6.07) is 7.72. The second-order valence-electron chi connectivity index (χ2n) is 4.26. The summed E-state index contributed by atoms with van der Waals surface area (Å²) in [4.78, 5) is 13.5. The van der Waals surface area contributed by atoms with Crippen molar-refractivity contribution < 1.29 is 9.53 Å². The second-order valence-corrected chi connectivity index (χ2v) is 4.26. The van der Waals surface area contributed by atoms with E-state index in [4.69, 9.17) is 10.00 Å². The van der Waals surface area contributed by atoms with Crippen LogP contribution in [0.2, 0.25) is 0 Å². The van der Waals surface area contributed by atoms with Crippen LogP contribution in [0.1, 0.15) is 13.3 Å². The average molecular weight is 245 g/mol. The number of carbonyl (C=O) groups is 1. The molecule has 1 N–H and O–H groups in total. The van der Waals surface area contributed by atoms with Crippen molar-refractivity contribution in [3.63, 3.8) is 0 Å².